The summed E-state index contributed by atoms with van der Waals surface area (Å²) in [5.74, 6) is 0. The van der Waals surface area contributed by atoms with E-state index in [9.17, 15) is 8.42 Å². The third kappa shape index (κ3) is 3.32. The Bertz CT molecular complexity index is 949. The van der Waals surface area contributed by atoms with Gasteiger partial charge in [-0.3, -0.25) is 0 Å². The van der Waals surface area contributed by atoms with Crippen molar-refractivity contribution in [3.63, 3.8) is 0 Å². The highest BCUT2D eigenvalue weighted by Gasteiger charge is 2.21. The van der Waals surface area contributed by atoms with Crippen LogP contribution in [0.3, 0.4) is 0 Å². The summed E-state index contributed by atoms with van der Waals surface area (Å²) >= 11 is 3.30. The molecule has 3 nitrogen and oxygen atoms in total. The van der Waals surface area contributed by atoms with Crippen LogP contribution in [0.1, 0.15) is 18.5 Å². The molecule has 0 aromatic heterocycles. The standard InChI is InChI=1S/C18H16BrNO2S/c1-13(15-10-6-8-14-7-2-3-9-16(14)15)20-23(21,22)18-12-5-4-11-17(18)19/h2-13,20H,1H3/t13-/m0/s1. The Balaban J connectivity index is 1.98. The van der Waals surface area contributed by atoms with Crippen molar-refractivity contribution in [1.82, 2.24) is 4.72 Å². The molecule has 1 atom stereocenters. The lowest BCUT2D eigenvalue weighted by Gasteiger charge is -2.17. The second-order valence-corrected chi connectivity index (χ2v) is 7.88. The van der Waals surface area contributed by atoms with Crippen molar-refractivity contribution in [3.8, 4) is 0 Å². The van der Waals surface area contributed by atoms with Gasteiger partial charge in [-0.05, 0) is 51.3 Å². The highest BCUT2D eigenvalue weighted by molar-refractivity contribution is 9.10. The predicted molar refractivity (Wildman–Crippen MR) is 96.8 cm³/mol. The van der Waals surface area contributed by atoms with Crippen LogP contribution in [-0.2, 0) is 10.0 Å². The maximum absolute atomic E-state index is 12.6. The highest BCUT2D eigenvalue weighted by Crippen LogP contribution is 2.27. The lowest BCUT2D eigenvalue weighted by atomic mass is 10.0. The molecule has 0 saturated carbocycles. The van der Waals surface area contributed by atoms with E-state index in [1.807, 2.05) is 49.4 Å². The minimum atomic E-state index is -3.60. The molecule has 23 heavy (non-hydrogen) atoms. The Labute approximate surface area is 144 Å². The van der Waals surface area contributed by atoms with Gasteiger partial charge in [0.15, 0.2) is 0 Å². The SMILES string of the molecule is C[C@H](NS(=O)(=O)c1ccccc1Br)c1cccc2ccccc12. The monoisotopic (exact) mass is 389 g/mol. The molecular weight excluding hydrogens is 374 g/mol. The second kappa shape index (κ2) is 6.43. The lowest BCUT2D eigenvalue weighted by molar-refractivity contribution is 0.567. The third-order valence-electron chi connectivity index (χ3n) is 3.75. The van der Waals surface area contributed by atoms with Gasteiger partial charge in [-0.2, -0.15) is 0 Å². The normalized spacial score (nSPS) is 13.1. The number of halogens is 1. The van der Waals surface area contributed by atoms with Crippen LogP contribution in [-0.4, -0.2) is 8.42 Å². The first-order valence-corrected chi connectivity index (χ1v) is 9.51. The molecule has 0 aliphatic rings. The molecular formula is C18H16BrNO2S. The first kappa shape index (κ1) is 16.2. The molecule has 0 amide bonds. The number of hydrogen-bond acceptors (Lipinski definition) is 2. The van der Waals surface area contributed by atoms with Crippen molar-refractivity contribution in [2.45, 2.75) is 17.9 Å². The van der Waals surface area contributed by atoms with Crippen molar-refractivity contribution < 1.29 is 8.42 Å². The Morgan fingerprint density at radius 1 is 0.913 bits per heavy atom. The van der Waals surface area contributed by atoms with Crippen LogP contribution in [0.4, 0.5) is 0 Å². The van der Waals surface area contributed by atoms with Crippen LogP contribution < -0.4 is 4.72 Å². The van der Waals surface area contributed by atoms with E-state index < -0.39 is 10.0 Å². The second-order valence-electron chi connectivity index (χ2n) is 5.34. The summed E-state index contributed by atoms with van der Waals surface area (Å²) in [6, 6.07) is 20.4. The molecule has 3 aromatic carbocycles. The molecule has 3 aromatic rings. The number of hydrogen-bond donors (Lipinski definition) is 1. The Morgan fingerprint density at radius 2 is 1.57 bits per heavy atom. The van der Waals surface area contributed by atoms with Gasteiger partial charge >= 0.3 is 0 Å². The van der Waals surface area contributed by atoms with Crippen molar-refractivity contribution in [2.75, 3.05) is 0 Å². The van der Waals surface area contributed by atoms with Crippen molar-refractivity contribution in [2.24, 2.45) is 0 Å². The first-order valence-electron chi connectivity index (χ1n) is 7.23. The molecule has 118 valence electrons. The van der Waals surface area contributed by atoms with Crippen LogP contribution in [0, 0.1) is 0 Å². The van der Waals surface area contributed by atoms with Gasteiger partial charge in [0.05, 0.1) is 4.90 Å². The van der Waals surface area contributed by atoms with E-state index in [1.54, 1.807) is 24.3 Å². The molecule has 0 aliphatic carbocycles. The summed E-state index contributed by atoms with van der Waals surface area (Å²) < 4.78 is 28.6. The summed E-state index contributed by atoms with van der Waals surface area (Å²) in [7, 11) is -3.60. The zero-order valence-corrected chi connectivity index (χ0v) is 14.9. The molecule has 5 heteroatoms. The van der Waals surface area contributed by atoms with E-state index >= 15 is 0 Å². The summed E-state index contributed by atoms with van der Waals surface area (Å²) in [5, 5.41) is 2.15. The quantitative estimate of drug-likeness (QED) is 0.706. The molecule has 0 fully saturated rings. The molecule has 0 saturated heterocycles. The van der Waals surface area contributed by atoms with E-state index in [4.69, 9.17) is 0 Å². The van der Waals surface area contributed by atoms with Crippen LogP contribution in [0.5, 0.6) is 0 Å². The number of benzene rings is 3. The smallest absolute Gasteiger partial charge is 0.207 e. The predicted octanol–water partition coefficient (Wildman–Crippen LogP) is 4.64. The fourth-order valence-corrected chi connectivity index (χ4v) is 4.88. The minimum Gasteiger partial charge on any atom is -0.207 e. The molecule has 0 spiro atoms. The van der Waals surface area contributed by atoms with Crippen LogP contribution in [0.25, 0.3) is 10.8 Å². The highest BCUT2D eigenvalue weighted by atomic mass is 79.9. The minimum absolute atomic E-state index is 0.243. The average Bonchev–Trinajstić information content (AvgIpc) is 2.54. The number of rotatable bonds is 4. The fraction of sp³-hybridized carbons (Fsp3) is 0.111. The maximum Gasteiger partial charge on any atom is 0.242 e. The van der Waals surface area contributed by atoms with E-state index in [-0.39, 0.29) is 10.9 Å². The van der Waals surface area contributed by atoms with Gasteiger partial charge in [0, 0.05) is 10.5 Å². The van der Waals surface area contributed by atoms with Gasteiger partial charge < -0.3 is 0 Å². The summed E-state index contributed by atoms with van der Waals surface area (Å²) in [5.41, 5.74) is 0.957. The van der Waals surface area contributed by atoms with Crippen LogP contribution in [0.2, 0.25) is 0 Å². The number of sulfonamides is 1. The maximum atomic E-state index is 12.6. The fourth-order valence-electron chi connectivity index (χ4n) is 2.65. The van der Waals surface area contributed by atoms with Gasteiger partial charge in [-0.1, -0.05) is 54.6 Å². The molecule has 0 radical (unpaired) electrons. The number of fused-ring (bicyclic) bond motifs is 1. The van der Waals surface area contributed by atoms with Gasteiger partial charge in [-0.25, -0.2) is 13.1 Å². The molecule has 1 N–H and O–H groups in total. The topological polar surface area (TPSA) is 46.2 Å². The van der Waals surface area contributed by atoms with E-state index in [1.165, 1.54) is 0 Å². The Morgan fingerprint density at radius 3 is 2.35 bits per heavy atom. The van der Waals surface area contributed by atoms with Crippen LogP contribution >= 0.6 is 15.9 Å². The van der Waals surface area contributed by atoms with Crippen molar-refractivity contribution >= 4 is 36.7 Å². The number of nitrogens with one attached hydrogen (secondary N) is 1. The van der Waals surface area contributed by atoms with Gasteiger partial charge in [0.2, 0.25) is 10.0 Å². The van der Waals surface area contributed by atoms with E-state index in [0.29, 0.717) is 4.47 Å². The van der Waals surface area contributed by atoms with Crippen LogP contribution in [0.15, 0.2) is 76.1 Å². The summed E-state index contributed by atoms with van der Waals surface area (Å²) in [4.78, 5) is 0.243. The molecule has 3 rings (SSSR count). The lowest BCUT2D eigenvalue weighted by Crippen LogP contribution is -2.27. The average molecular weight is 390 g/mol. The molecule has 0 bridgehead atoms. The zero-order chi connectivity index (χ0) is 16.4. The molecule has 0 aliphatic heterocycles. The summed E-state index contributed by atoms with van der Waals surface area (Å²) in [6.45, 7) is 1.86. The molecule has 0 heterocycles. The zero-order valence-electron chi connectivity index (χ0n) is 12.5. The van der Waals surface area contributed by atoms with Crippen molar-refractivity contribution in [3.05, 3.63) is 76.8 Å². The van der Waals surface area contributed by atoms with Gasteiger partial charge in [0.25, 0.3) is 0 Å². The Kier molecular flexibility index (Phi) is 4.53. The third-order valence-corrected chi connectivity index (χ3v) is 6.30. The van der Waals surface area contributed by atoms with E-state index in [0.717, 1.165) is 16.3 Å². The van der Waals surface area contributed by atoms with E-state index in [2.05, 4.69) is 20.7 Å². The first-order chi connectivity index (χ1) is 11.0. The van der Waals surface area contributed by atoms with Crippen molar-refractivity contribution in [1.29, 1.82) is 0 Å². The molecule has 0 unspecified atom stereocenters. The summed E-state index contributed by atoms with van der Waals surface area (Å²) in [6.07, 6.45) is 0. The largest absolute Gasteiger partial charge is 0.242 e. The van der Waals surface area contributed by atoms with Gasteiger partial charge in [-0.15, -0.1) is 0 Å². The Hall–Kier alpha value is -1.69. The van der Waals surface area contributed by atoms with Gasteiger partial charge in [0.1, 0.15) is 0 Å².